The van der Waals surface area contributed by atoms with Crippen LogP contribution in [0.3, 0.4) is 0 Å². The topological polar surface area (TPSA) is 71.9 Å². The van der Waals surface area contributed by atoms with Gasteiger partial charge in [0.05, 0.1) is 25.3 Å². The van der Waals surface area contributed by atoms with Crippen molar-refractivity contribution in [1.82, 2.24) is 9.88 Å². The maximum atomic E-state index is 10.8. The minimum absolute atomic E-state index is 0.0594. The van der Waals surface area contributed by atoms with Crippen LogP contribution in [0.5, 0.6) is 11.5 Å². The number of carboxylic acids is 1. The van der Waals surface area contributed by atoms with Gasteiger partial charge in [-0.3, -0.25) is 14.7 Å². The normalized spacial score (nSPS) is 17.5. The molecule has 4 rings (SSSR count). The summed E-state index contributed by atoms with van der Waals surface area (Å²) in [5.74, 6) is 0.688. The second kappa shape index (κ2) is 8.37. The smallest absolute Gasteiger partial charge is 0.304 e. The molecule has 0 saturated carbocycles. The maximum Gasteiger partial charge on any atom is 0.304 e. The van der Waals surface area contributed by atoms with E-state index in [0.29, 0.717) is 19.7 Å². The highest BCUT2D eigenvalue weighted by molar-refractivity contribution is 5.87. The predicted octanol–water partition coefficient (Wildman–Crippen LogP) is 3.88. The standard InChI is InChI=1S/C22H22N2O4/c25-22(26)9-10-24-11-12-27-21(15-24)16-5-7-18(8-6-16)28-20-14-23-13-17-3-1-2-4-19(17)20/h1-8,13-14,21H,9-12,15H2,(H,25,26). The third-order valence-electron chi connectivity index (χ3n) is 4.90. The number of aromatic nitrogens is 1. The largest absolute Gasteiger partial charge is 0.481 e. The van der Waals surface area contributed by atoms with Crippen LogP contribution in [0.4, 0.5) is 0 Å². The van der Waals surface area contributed by atoms with Gasteiger partial charge in [0, 0.05) is 36.6 Å². The molecule has 0 aliphatic carbocycles. The summed E-state index contributed by atoms with van der Waals surface area (Å²) in [6.07, 6.45) is 3.64. The Hall–Kier alpha value is -2.96. The molecule has 1 unspecified atom stereocenters. The first-order valence-corrected chi connectivity index (χ1v) is 9.35. The van der Waals surface area contributed by atoms with Crippen molar-refractivity contribution < 1.29 is 19.4 Å². The average Bonchev–Trinajstić information content (AvgIpc) is 2.73. The van der Waals surface area contributed by atoms with Gasteiger partial charge in [-0.25, -0.2) is 0 Å². The zero-order valence-corrected chi connectivity index (χ0v) is 15.5. The van der Waals surface area contributed by atoms with E-state index in [4.69, 9.17) is 14.6 Å². The Kier molecular flexibility index (Phi) is 5.50. The minimum Gasteiger partial charge on any atom is -0.481 e. The first-order valence-electron chi connectivity index (χ1n) is 9.35. The molecule has 2 heterocycles. The molecule has 6 nitrogen and oxygen atoms in total. The van der Waals surface area contributed by atoms with Crippen molar-refractivity contribution in [3.63, 3.8) is 0 Å². The molecule has 6 heteroatoms. The van der Waals surface area contributed by atoms with Crippen LogP contribution in [0.25, 0.3) is 10.8 Å². The summed E-state index contributed by atoms with van der Waals surface area (Å²) in [5.41, 5.74) is 1.06. The molecule has 1 aliphatic heterocycles. The van der Waals surface area contributed by atoms with Crippen LogP contribution in [-0.4, -0.2) is 47.2 Å². The summed E-state index contributed by atoms with van der Waals surface area (Å²) in [7, 11) is 0. The van der Waals surface area contributed by atoms with Crippen LogP contribution in [-0.2, 0) is 9.53 Å². The van der Waals surface area contributed by atoms with Crippen molar-refractivity contribution in [1.29, 1.82) is 0 Å². The molecule has 0 bridgehead atoms. The molecule has 0 amide bonds. The van der Waals surface area contributed by atoms with E-state index in [-0.39, 0.29) is 12.5 Å². The highest BCUT2D eigenvalue weighted by atomic mass is 16.5. The number of rotatable bonds is 6. The van der Waals surface area contributed by atoms with E-state index < -0.39 is 5.97 Å². The van der Waals surface area contributed by atoms with Crippen molar-refractivity contribution in [2.45, 2.75) is 12.5 Å². The van der Waals surface area contributed by atoms with Crippen LogP contribution in [0, 0.1) is 0 Å². The van der Waals surface area contributed by atoms with Gasteiger partial charge in [0.25, 0.3) is 0 Å². The molecule has 0 radical (unpaired) electrons. The zero-order chi connectivity index (χ0) is 19.3. The molecule has 1 aliphatic rings. The molecular formula is C22H22N2O4. The molecule has 28 heavy (non-hydrogen) atoms. The number of ether oxygens (including phenoxy) is 2. The Morgan fingerprint density at radius 3 is 2.82 bits per heavy atom. The number of nitrogens with zero attached hydrogens (tertiary/aromatic N) is 2. The van der Waals surface area contributed by atoms with Gasteiger partial charge in [-0.05, 0) is 17.7 Å². The molecular weight excluding hydrogens is 356 g/mol. The fourth-order valence-corrected chi connectivity index (χ4v) is 3.41. The molecule has 1 aromatic heterocycles. The van der Waals surface area contributed by atoms with Gasteiger partial charge in [0.15, 0.2) is 5.75 Å². The van der Waals surface area contributed by atoms with E-state index in [0.717, 1.165) is 34.4 Å². The lowest BCUT2D eigenvalue weighted by molar-refractivity contribution is -0.137. The van der Waals surface area contributed by atoms with Crippen LogP contribution < -0.4 is 4.74 Å². The Labute approximate surface area is 163 Å². The molecule has 1 fully saturated rings. The van der Waals surface area contributed by atoms with Crippen LogP contribution >= 0.6 is 0 Å². The third kappa shape index (κ3) is 4.30. The summed E-state index contributed by atoms with van der Waals surface area (Å²) in [6, 6.07) is 15.8. The SMILES string of the molecule is O=C(O)CCN1CCOC(c2ccc(Oc3cncc4ccccc34)cc2)C1. The third-order valence-corrected chi connectivity index (χ3v) is 4.90. The number of benzene rings is 2. The maximum absolute atomic E-state index is 10.8. The lowest BCUT2D eigenvalue weighted by Crippen LogP contribution is -2.39. The van der Waals surface area contributed by atoms with E-state index in [2.05, 4.69) is 9.88 Å². The molecule has 3 aromatic rings. The number of morpholine rings is 1. The van der Waals surface area contributed by atoms with Gasteiger partial charge in [-0.1, -0.05) is 36.4 Å². The Bertz CT molecular complexity index is 953. The van der Waals surface area contributed by atoms with Crippen molar-refractivity contribution >= 4 is 16.7 Å². The lowest BCUT2D eigenvalue weighted by Gasteiger charge is -2.32. The fourth-order valence-electron chi connectivity index (χ4n) is 3.41. The van der Waals surface area contributed by atoms with Gasteiger partial charge in [-0.2, -0.15) is 0 Å². The van der Waals surface area contributed by atoms with Crippen molar-refractivity contribution in [3.8, 4) is 11.5 Å². The summed E-state index contributed by atoms with van der Waals surface area (Å²) < 4.78 is 11.9. The van der Waals surface area contributed by atoms with Crippen LogP contribution in [0.1, 0.15) is 18.1 Å². The van der Waals surface area contributed by atoms with Crippen LogP contribution in [0.15, 0.2) is 60.9 Å². The minimum atomic E-state index is -0.771. The molecule has 2 aromatic carbocycles. The highest BCUT2D eigenvalue weighted by Crippen LogP contribution is 2.30. The highest BCUT2D eigenvalue weighted by Gasteiger charge is 2.22. The lowest BCUT2D eigenvalue weighted by atomic mass is 10.1. The van der Waals surface area contributed by atoms with Crippen molar-refractivity contribution in [2.75, 3.05) is 26.2 Å². The average molecular weight is 378 g/mol. The Balaban J connectivity index is 1.44. The van der Waals surface area contributed by atoms with Crippen LogP contribution in [0.2, 0.25) is 0 Å². The molecule has 1 atom stereocenters. The summed E-state index contributed by atoms with van der Waals surface area (Å²) >= 11 is 0. The van der Waals surface area contributed by atoms with Gasteiger partial charge in [0.2, 0.25) is 0 Å². The first kappa shape index (κ1) is 18.4. The molecule has 0 spiro atoms. The molecule has 1 N–H and O–H groups in total. The Morgan fingerprint density at radius 2 is 2.00 bits per heavy atom. The second-order valence-corrected chi connectivity index (χ2v) is 6.83. The van der Waals surface area contributed by atoms with Crippen molar-refractivity contribution in [3.05, 3.63) is 66.5 Å². The number of aliphatic carboxylic acids is 1. The van der Waals surface area contributed by atoms with Gasteiger partial charge < -0.3 is 14.6 Å². The van der Waals surface area contributed by atoms with E-state index in [1.54, 1.807) is 6.20 Å². The second-order valence-electron chi connectivity index (χ2n) is 6.83. The van der Waals surface area contributed by atoms with Gasteiger partial charge in [-0.15, -0.1) is 0 Å². The summed E-state index contributed by atoms with van der Waals surface area (Å²) in [5, 5.41) is 10.9. The number of carbonyl (C=O) groups is 1. The Morgan fingerprint density at radius 1 is 1.18 bits per heavy atom. The quantitative estimate of drug-likeness (QED) is 0.702. The first-order chi connectivity index (χ1) is 13.7. The fraction of sp³-hybridized carbons (Fsp3) is 0.273. The number of carboxylic acid groups (broad SMARTS) is 1. The monoisotopic (exact) mass is 378 g/mol. The van der Waals surface area contributed by atoms with Gasteiger partial charge in [0.1, 0.15) is 5.75 Å². The molecule has 144 valence electrons. The number of hydrogen-bond donors (Lipinski definition) is 1. The van der Waals surface area contributed by atoms with E-state index in [1.807, 2.05) is 54.7 Å². The summed E-state index contributed by atoms with van der Waals surface area (Å²) in [4.78, 5) is 17.2. The van der Waals surface area contributed by atoms with E-state index in [9.17, 15) is 4.79 Å². The summed E-state index contributed by atoms with van der Waals surface area (Å²) in [6.45, 7) is 2.61. The number of pyridine rings is 1. The zero-order valence-electron chi connectivity index (χ0n) is 15.5. The molecule has 1 saturated heterocycles. The van der Waals surface area contributed by atoms with E-state index in [1.165, 1.54) is 0 Å². The number of fused-ring (bicyclic) bond motifs is 1. The predicted molar refractivity (Wildman–Crippen MR) is 106 cm³/mol. The van der Waals surface area contributed by atoms with Crippen molar-refractivity contribution in [2.24, 2.45) is 0 Å². The van der Waals surface area contributed by atoms with E-state index >= 15 is 0 Å². The number of hydrogen-bond acceptors (Lipinski definition) is 5. The van der Waals surface area contributed by atoms with Gasteiger partial charge >= 0.3 is 5.97 Å².